The molecule has 0 saturated carbocycles. The molecule has 0 saturated heterocycles. The summed E-state index contributed by atoms with van der Waals surface area (Å²) >= 11 is 0. The number of hydrogen-bond acceptors (Lipinski definition) is 2. The maximum atomic E-state index is 3.02. The maximum Gasteiger partial charge on any atom is 0.0864 e. The largest absolute Gasteiger partial charge is 0.373 e. The van der Waals surface area contributed by atoms with Gasteiger partial charge >= 0.3 is 0 Å². The molecule has 2 nitrogen and oxygen atoms in total. The van der Waals surface area contributed by atoms with E-state index in [1.165, 1.54) is 0 Å². The smallest absolute Gasteiger partial charge is 0.0864 e. The molecular weight excluding hydrogens is 182 g/mol. The molecule has 1 aliphatic heterocycles. The Balaban J connectivity index is 0.000000360. The fourth-order valence-corrected chi connectivity index (χ4v) is 0.429. The van der Waals surface area contributed by atoms with Crippen LogP contribution in [0.25, 0.3) is 0 Å². The van der Waals surface area contributed by atoms with Crippen LogP contribution in [0.5, 0.6) is 0 Å². The van der Waals surface area contributed by atoms with Crippen molar-refractivity contribution in [1.29, 1.82) is 0 Å². The van der Waals surface area contributed by atoms with E-state index in [1.54, 1.807) is 0 Å². The van der Waals surface area contributed by atoms with E-state index >= 15 is 0 Å². The topological polar surface area (TPSA) is 15.3 Å². The summed E-state index contributed by atoms with van der Waals surface area (Å²) in [5.41, 5.74) is 0. The Bertz CT molecular complexity index is 72.1. The second kappa shape index (κ2) is 3.06. The summed E-state index contributed by atoms with van der Waals surface area (Å²) in [6.07, 6.45) is 3.93. The molecule has 0 bridgehead atoms. The number of hydrogen-bond donors (Lipinski definition) is 1. The normalized spacial score (nSPS) is 15.9. The van der Waals surface area contributed by atoms with Gasteiger partial charge in [-0.1, -0.05) is 0 Å². The summed E-state index contributed by atoms with van der Waals surface area (Å²) in [5.74, 6) is 0. The molecule has 0 radical (unpaired) electrons. The Morgan fingerprint density at radius 3 is 2.57 bits per heavy atom. The van der Waals surface area contributed by atoms with E-state index in [0.717, 1.165) is 6.67 Å². The van der Waals surface area contributed by atoms with Crippen LogP contribution in [0.15, 0.2) is 12.4 Å². The summed E-state index contributed by atoms with van der Waals surface area (Å²) in [4.78, 5) is 2.07. The molecule has 1 rings (SSSR count). The van der Waals surface area contributed by atoms with Gasteiger partial charge in [0.05, 0.1) is 6.67 Å². The third kappa shape index (κ3) is 1.96. The standard InChI is InChI=1S/C4H8N2.Pd/c1-6-3-2-5-4-6;/h2-3,5H,4H2,1H3;. The van der Waals surface area contributed by atoms with Gasteiger partial charge in [0.25, 0.3) is 0 Å². The van der Waals surface area contributed by atoms with Crippen molar-refractivity contribution >= 4 is 0 Å². The quantitative estimate of drug-likeness (QED) is 0.539. The average molecular weight is 191 g/mol. The molecule has 0 aromatic carbocycles. The van der Waals surface area contributed by atoms with Crippen LogP contribution in [0.3, 0.4) is 0 Å². The van der Waals surface area contributed by atoms with Crippen LogP contribution >= 0.6 is 0 Å². The third-order valence-corrected chi connectivity index (χ3v) is 0.788. The van der Waals surface area contributed by atoms with Crippen LogP contribution < -0.4 is 5.32 Å². The van der Waals surface area contributed by atoms with Gasteiger partial charge in [-0.15, -0.1) is 0 Å². The molecule has 44 valence electrons. The molecule has 1 heterocycles. The van der Waals surface area contributed by atoms with Gasteiger partial charge in [0, 0.05) is 39.9 Å². The number of rotatable bonds is 0. The van der Waals surface area contributed by atoms with Crippen molar-refractivity contribution < 1.29 is 20.4 Å². The van der Waals surface area contributed by atoms with Gasteiger partial charge in [-0.2, -0.15) is 0 Å². The van der Waals surface area contributed by atoms with E-state index in [-0.39, 0.29) is 20.4 Å². The zero-order valence-electron chi connectivity index (χ0n) is 4.13. The third-order valence-electron chi connectivity index (χ3n) is 0.788. The van der Waals surface area contributed by atoms with Crippen molar-refractivity contribution in [3.63, 3.8) is 0 Å². The fourth-order valence-electron chi connectivity index (χ4n) is 0.429. The van der Waals surface area contributed by atoms with Crippen molar-refractivity contribution in [2.75, 3.05) is 13.7 Å². The van der Waals surface area contributed by atoms with E-state index < -0.39 is 0 Å². The van der Waals surface area contributed by atoms with Crippen molar-refractivity contribution in [2.24, 2.45) is 0 Å². The van der Waals surface area contributed by atoms with Gasteiger partial charge in [0.1, 0.15) is 0 Å². The summed E-state index contributed by atoms with van der Waals surface area (Å²) in [5, 5.41) is 3.02. The molecular formula is C4H8N2Pd. The molecule has 1 N–H and O–H groups in total. The summed E-state index contributed by atoms with van der Waals surface area (Å²) in [6, 6.07) is 0. The van der Waals surface area contributed by atoms with Crippen LogP contribution in [0, 0.1) is 0 Å². The molecule has 0 aliphatic carbocycles. The Labute approximate surface area is 57.2 Å². The predicted molar refractivity (Wildman–Crippen MR) is 24.9 cm³/mol. The van der Waals surface area contributed by atoms with Gasteiger partial charge in [-0.05, 0) is 0 Å². The molecule has 3 heteroatoms. The number of nitrogens with zero attached hydrogens (tertiary/aromatic N) is 1. The zero-order valence-corrected chi connectivity index (χ0v) is 5.68. The average Bonchev–Trinajstić information content (AvgIpc) is 1.86. The minimum atomic E-state index is 0. The molecule has 0 spiro atoms. The maximum absolute atomic E-state index is 3.02. The SMILES string of the molecule is CN1C=CNC1.[Pd]. The van der Waals surface area contributed by atoms with E-state index in [4.69, 9.17) is 0 Å². The molecule has 0 unspecified atom stereocenters. The fraction of sp³-hybridized carbons (Fsp3) is 0.500. The van der Waals surface area contributed by atoms with Crippen LogP contribution in [0.1, 0.15) is 0 Å². The first-order valence-electron chi connectivity index (χ1n) is 2.00. The van der Waals surface area contributed by atoms with Crippen LogP contribution in [-0.4, -0.2) is 18.6 Å². The monoisotopic (exact) mass is 190 g/mol. The minimum absolute atomic E-state index is 0. The van der Waals surface area contributed by atoms with Crippen LogP contribution in [-0.2, 0) is 20.4 Å². The van der Waals surface area contributed by atoms with E-state index in [9.17, 15) is 0 Å². The van der Waals surface area contributed by atoms with Gasteiger partial charge < -0.3 is 10.2 Å². The predicted octanol–water partition coefficient (Wildman–Crippen LogP) is -0.0524. The molecule has 0 aromatic heterocycles. The van der Waals surface area contributed by atoms with E-state index in [1.807, 2.05) is 19.4 Å². The van der Waals surface area contributed by atoms with Crippen molar-refractivity contribution in [3.05, 3.63) is 12.4 Å². The minimum Gasteiger partial charge on any atom is -0.373 e. The molecule has 0 amide bonds. The molecule has 7 heavy (non-hydrogen) atoms. The first-order chi connectivity index (χ1) is 2.89. The Kier molecular flexibility index (Phi) is 3.06. The van der Waals surface area contributed by atoms with Gasteiger partial charge in [0.2, 0.25) is 0 Å². The Morgan fingerprint density at radius 2 is 2.43 bits per heavy atom. The summed E-state index contributed by atoms with van der Waals surface area (Å²) in [6.45, 7) is 0.958. The molecule has 0 fully saturated rings. The first-order valence-corrected chi connectivity index (χ1v) is 2.00. The van der Waals surface area contributed by atoms with Crippen molar-refractivity contribution in [1.82, 2.24) is 10.2 Å². The Morgan fingerprint density at radius 1 is 1.71 bits per heavy atom. The zero-order chi connectivity index (χ0) is 4.41. The van der Waals surface area contributed by atoms with Gasteiger partial charge in [-0.25, -0.2) is 0 Å². The second-order valence-corrected chi connectivity index (χ2v) is 1.43. The molecule has 1 aliphatic rings. The first kappa shape index (κ1) is 7.00. The van der Waals surface area contributed by atoms with Crippen molar-refractivity contribution in [3.8, 4) is 0 Å². The van der Waals surface area contributed by atoms with Gasteiger partial charge in [-0.3, -0.25) is 0 Å². The molecule has 0 aromatic rings. The van der Waals surface area contributed by atoms with Gasteiger partial charge in [0.15, 0.2) is 0 Å². The van der Waals surface area contributed by atoms with Crippen LogP contribution in [0.2, 0.25) is 0 Å². The number of nitrogens with one attached hydrogen (secondary N) is 1. The molecule has 0 atom stereocenters. The van der Waals surface area contributed by atoms with Crippen molar-refractivity contribution in [2.45, 2.75) is 0 Å². The Hall–Kier alpha value is 0.00234. The van der Waals surface area contributed by atoms with E-state index in [2.05, 4.69) is 10.2 Å². The van der Waals surface area contributed by atoms with Crippen LogP contribution in [0.4, 0.5) is 0 Å². The second-order valence-electron chi connectivity index (χ2n) is 1.43. The summed E-state index contributed by atoms with van der Waals surface area (Å²) in [7, 11) is 2.02. The summed E-state index contributed by atoms with van der Waals surface area (Å²) < 4.78 is 0. The van der Waals surface area contributed by atoms with E-state index in [0.29, 0.717) is 0 Å².